The molecule has 3 heterocycles. The van der Waals surface area contributed by atoms with E-state index in [0.717, 1.165) is 24.8 Å². The van der Waals surface area contributed by atoms with Crippen molar-refractivity contribution in [3.63, 3.8) is 0 Å². The number of nitrogens with one attached hydrogen (secondary N) is 1. The molecule has 1 saturated heterocycles. The zero-order chi connectivity index (χ0) is 16.6. The van der Waals surface area contributed by atoms with Crippen LogP contribution in [0.1, 0.15) is 18.4 Å². The first kappa shape index (κ1) is 15.3. The van der Waals surface area contributed by atoms with Gasteiger partial charge in [-0.15, -0.1) is 0 Å². The summed E-state index contributed by atoms with van der Waals surface area (Å²) in [6.07, 6.45) is 4.08. The third-order valence-electron chi connectivity index (χ3n) is 4.50. The molecule has 0 spiro atoms. The van der Waals surface area contributed by atoms with Gasteiger partial charge in [-0.05, 0) is 37.0 Å². The minimum atomic E-state index is -3.62. The van der Waals surface area contributed by atoms with E-state index in [0.29, 0.717) is 17.6 Å². The van der Waals surface area contributed by atoms with Crippen LogP contribution in [0.5, 0.6) is 0 Å². The molecule has 7 heteroatoms. The molecular formula is C17H18N4O2S. The minimum absolute atomic E-state index is 0.0209. The Hall–Kier alpha value is -2.25. The van der Waals surface area contributed by atoms with Crippen molar-refractivity contribution in [2.75, 3.05) is 6.54 Å². The van der Waals surface area contributed by atoms with Crippen LogP contribution >= 0.6 is 0 Å². The summed E-state index contributed by atoms with van der Waals surface area (Å²) in [5, 5.41) is 7.38. The molecule has 6 nitrogen and oxygen atoms in total. The average Bonchev–Trinajstić information content (AvgIpc) is 3.23. The van der Waals surface area contributed by atoms with Crippen LogP contribution in [0.3, 0.4) is 0 Å². The topological polar surface area (TPSA) is 79.0 Å². The lowest BCUT2D eigenvalue weighted by atomic mass is 10.1. The number of benzene rings is 1. The van der Waals surface area contributed by atoms with E-state index in [9.17, 15) is 8.42 Å². The van der Waals surface area contributed by atoms with Gasteiger partial charge in [0.1, 0.15) is 0 Å². The molecule has 1 unspecified atom stereocenters. The van der Waals surface area contributed by atoms with Crippen LogP contribution in [-0.4, -0.2) is 40.5 Å². The first-order valence-corrected chi connectivity index (χ1v) is 9.45. The smallest absolute Gasteiger partial charge is 0.260 e. The van der Waals surface area contributed by atoms with Gasteiger partial charge in [-0.3, -0.25) is 5.10 Å². The standard InChI is InChI=1S/C17H18N4O2S/c22-24(23,17-15-9-4-10-18-16(15)19-20-17)21-11-5-8-14(21)12-13-6-2-1-3-7-13/h1-4,6-7,9-10,14H,5,8,11-12H2,(H,18,19,20). The summed E-state index contributed by atoms with van der Waals surface area (Å²) in [6, 6.07) is 13.5. The molecule has 4 rings (SSSR count). The first-order chi connectivity index (χ1) is 11.7. The maximum absolute atomic E-state index is 13.1. The first-order valence-electron chi connectivity index (χ1n) is 8.01. The van der Waals surface area contributed by atoms with E-state index < -0.39 is 10.0 Å². The Labute approximate surface area is 140 Å². The molecule has 0 radical (unpaired) electrons. The van der Waals surface area contributed by atoms with Gasteiger partial charge in [0.25, 0.3) is 10.0 Å². The van der Waals surface area contributed by atoms with E-state index in [4.69, 9.17) is 0 Å². The van der Waals surface area contributed by atoms with Crippen LogP contribution in [0.4, 0.5) is 0 Å². The molecule has 1 aliphatic heterocycles. The lowest BCUT2D eigenvalue weighted by molar-refractivity contribution is 0.384. The molecule has 3 aromatic rings. The monoisotopic (exact) mass is 342 g/mol. The van der Waals surface area contributed by atoms with Crippen molar-refractivity contribution in [1.82, 2.24) is 19.5 Å². The van der Waals surface area contributed by atoms with Gasteiger partial charge < -0.3 is 0 Å². The van der Waals surface area contributed by atoms with Gasteiger partial charge in [0, 0.05) is 18.8 Å². The number of aromatic amines is 1. The van der Waals surface area contributed by atoms with E-state index in [1.54, 1.807) is 22.6 Å². The Balaban J connectivity index is 1.68. The predicted octanol–water partition coefficient (Wildman–Crippen LogP) is 2.35. The molecule has 0 amide bonds. The quantitative estimate of drug-likeness (QED) is 0.789. The Morgan fingerprint density at radius 1 is 1.17 bits per heavy atom. The van der Waals surface area contributed by atoms with E-state index >= 15 is 0 Å². The lowest BCUT2D eigenvalue weighted by Crippen LogP contribution is -2.37. The van der Waals surface area contributed by atoms with Crippen molar-refractivity contribution in [2.45, 2.75) is 30.3 Å². The van der Waals surface area contributed by atoms with Crippen molar-refractivity contribution in [3.05, 3.63) is 54.2 Å². The number of hydrogen-bond acceptors (Lipinski definition) is 4. The normalized spacial score (nSPS) is 19.1. The largest absolute Gasteiger partial charge is 0.263 e. The molecule has 124 valence electrons. The summed E-state index contributed by atoms with van der Waals surface area (Å²) >= 11 is 0. The molecule has 2 aromatic heterocycles. The van der Waals surface area contributed by atoms with Gasteiger partial charge in [-0.25, -0.2) is 13.4 Å². The Morgan fingerprint density at radius 3 is 2.83 bits per heavy atom. The van der Waals surface area contributed by atoms with E-state index in [1.165, 1.54) is 0 Å². The number of sulfonamides is 1. The molecule has 1 N–H and O–H groups in total. The highest BCUT2D eigenvalue weighted by Gasteiger charge is 2.37. The SMILES string of the molecule is O=S(=O)(c1[nH]nc2ncccc12)N1CCCC1Cc1ccccc1. The summed E-state index contributed by atoms with van der Waals surface area (Å²) in [4.78, 5) is 4.10. The average molecular weight is 342 g/mol. The fourth-order valence-corrected chi connectivity index (χ4v) is 5.13. The van der Waals surface area contributed by atoms with Gasteiger partial charge in [0.15, 0.2) is 10.7 Å². The number of pyridine rings is 1. The molecule has 0 bridgehead atoms. The molecule has 24 heavy (non-hydrogen) atoms. The van der Waals surface area contributed by atoms with Crippen LogP contribution < -0.4 is 0 Å². The van der Waals surface area contributed by atoms with Crippen LogP contribution in [0.25, 0.3) is 11.0 Å². The van der Waals surface area contributed by atoms with Crippen molar-refractivity contribution in [3.8, 4) is 0 Å². The van der Waals surface area contributed by atoms with Crippen molar-refractivity contribution >= 4 is 21.1 Å². The lowest BCUT2D eigenvalue weighted by Gasteiger charge is -2.23. The summed E-state index contributed by atoms with van der Waals surface area (Å²) in [5.41, 5.74) is 1.58. The van der Waals surface area contributed by atoms with Gasteiger partial charge in [-0.1, -0.05) is 30.3 Å². The van der Waals surface area contributed by atoms with Crippen LogP contribution in [-0.2, 0) is 16.4 Å². The number of rotatable bonds is 4. The number of aromatic nitrogens is 3. The van der Waals surface area contributed by atoms with Crippen molar-refractivity contribution in [1.29, 1.82) is 0 Å². The maximum Gasteiger partial charge on any atom is 0.260 e. The molecule has 1 aliphatic rings. The van der Waals surface area contributed by atoms with E-state index in [2.05, 4.69) is 15.2 Å². The predicted molar refractivity (Wildman–Crippen MR) is 90.9 cm³/mol. The molecular weight excluding hydrogens is 324 g/mol. The number of nitrogens with zero attached hydrogens (tertiary/aromatic N) is 3. The Morgan fingerprint density at radius 2 is 2.00 bits per heavy atom. The fraction of sp³-hybridized carbons (Fsp3) is 0.294. The summed E-state index contributed by atoms with van der Waals surface area (Å²) < 4.78 is 27.9. The number of fused-ring (bicyclic) bond motifs is 1. The number of H-pyrrole nitrogens is 1. The molecule has 0 aliphatic carbocycles. The number of hydrogen-bond donors (Lipinski definition) is 1. The zero-order valence-corrected chi connectivity index (χ0v) is 13.9. The summed E-state index contributed by atoms with van der Waals surface area (Å²) in [6.45, 7) is 0.542. The Bertz CT molecular complexity index is 953. The summed E-state index contributed by atoms with van der Waals surface area (Å²) in [7, 11) is -3.62. The third kappa shape index (κ3) is 2.59. The highest BCUT2D eigenvalue weighted by Crippen LogP contribution is 2.30. The second-order valence-electron chi connectivity index (χ2n) is 6.03. The molecule has 1 aromatic carbocycles. The highest BCUT2D eigenvalue weighted by atomic mass is 32.2. The fourth-order valence-electron chi connectivity index (χ4n) is 3.36. The minimum Gasteiger partial charge on any atom is -0.263 e. The van der Waals surface area contributed by atoms with Crippen LogP contribution in [0.2, 0.25) is 0 Å². The van der Waals surface area contributed by atoms with E-state index in [-0.39, 0.29) is 11.1 Å². The van der Waals surface area contributed by atoms with Crippen LogP contribution in [0.15, 0.2) is 53.7 Å². The van der Waals surface area contributed by atoms with Gasteiger partial charge >= 0.3 is 0 Å². The zero-order valence-electron chi connectivity index (χ0n) is 13.1. The van der Waals surface area contributed by atoms with E-state index in [1.807, 2.05) is 30.3 Å². The molecule has 1 fully saturated rings. The van der Waals surface area contributed by atoms with Gasteiger partial charge in [-0.2, -0.15) is 9.40 Å². The Kier molecular flexibility index (Phi) is 3.82. The molecule has 1 atom stereocenters. The van der Waals surface area contributed by atoms with Gasteiger partial charge in [0.2, 0.25) is 0 Å². The second-order valence-corrected chi connectivity index (χ2v) is 7.86. The van der Waals surface area contributed by atoms with Gasteiger partial charge in [0.05, 0.1) is 5.39 Å². The second kappa shape index (κ2) is 5.99. The van der Waals surface area contributed by atoms with Crippen molar-refractivity contribution in [2.24, 2.45) is 0 Å². The summed E-state index contributed by atoms with van der Waals surface area (Å²) in [5.74, 6) is 0. The third-order valence-corrected chi connectivity index (χ3v) is 6.42. The van der Waals surface area contributed by atoms with Crippen molar-refractivity contribution < 1.29 is 8.42 Å². The highest BCUT2D eigenvalue weighted by molar-refractivity contribution is 7.89. The van der Waals surface area contributed by atoms with Crippen LogP contribution in [0, 0.1) is 0 Å². The molecule has 0 saturated carbocycles. The maximum atomic E-state index is 13.1.